The Morgan fingerprint density at radius 3 is 2.74 bits per heavy atom. The van der Waals surface area contributed by atoms with Gasteiger partial charge in [0.05, 0.1) is 10.8 Å². The number of rotatable bonds is 5. The summed E-state index contributed by atoms with van der Waals surface area (Å²) in [6.07, 6.45) is 3.13. The molecule has 1 aromatic carbocycles. The maximum absolute atomic E-state index is 12.1. The van der Waals surface area contributed by atoms with Crippen LogP contribution in [0.1, 0.15) is 35.7 Å². The molecule has 0 spiro atoms. The van der Waals surface area contributed by atoms with E-state index in [1.165, 1.54) is 24.0 Å². The van der Waals surface area contributed by atoms with Crippen LogP contribution in [0.15, 0.2) is 29.4 Å². The third kappa shape index (κ3) is 3.10. The molecule has 0 amide bonds. The predicted octanol–water partition coefficient (Wildman–Crippen LogP) is 2.34. The van der Waals surface area contributed by atoms with Gasteiger partial charge in [0, 0.05) is 11.7 Å². The molecule has 2 aromatic rings. The van der Waals surface area contributed by atoms with Crippen LogP contribution < -0.4 is 0 Å². The standard InChI is InChI=1S/C14H17N3OS/c1-10-2-4-11(5-3-10)8-9-19(18)14-15-13(16-17-14)12-6-7-12/h2-5,12H,6-9H2,1H3,(H,15,16,17). The number of aromatic nitrogens is 3. The zero-order valence-electron chi connectivity index (χ0n) is 10.9. The Bertz CT molecular complexity index is 587. The Morgan fingerprint density at radius 2 is 2.05 bits per heavy atom. The molecule has 1 fully saturated rings. The fourth-order valence-corrected chi connectivity index (χ4v) is 2.91. The van der Waals surface area contributed by atoms with E-state index in [-0.39, 0.29) is 0 Å². The molecule has 19 heavy (non-hydrogen) atoms. The van der Waals surface area contributed by atoms with Crippen LogP contribution in [-0.2, 0) is 17.2 Å². The average Bonchev–Trinajstić information content (AvgIpc) is 3.15. The lowest BCUT2D eigenvalue weighted by molar-refractivity contribution is 0.675. The third-order valence-electron chi connectivity index (χ3n) is 3.35. The Labute approximate surface area is 115 Å². The maximum Gasteiger partial charge on any atom is 0.238 e. The summed E-state index contributed by atoms with van der Waals surface area (Å²) in [6.45, 7) is 2.06. The van der Waals surface area contributed by atoms with E-state index >= 15 is 0 Å². The van der Waals surface area contributed by atoms with Gasteiger partial charge in [-0.25, -0.2) is 4.98 Å². The number of H-pyrrole nitrogens is 1. The van der Waals surface area contributed by atoms with Gasteiger partial charge >= 0.3 is 0 Å². The van der Waals surface area contributed by atoms with Crippen LogP contribution >= 0.6 is 0 Å². The number of hydrogen-bond acceptors (Lipinski definition) is 3. The number of hydrogen-bond donors (Lipinski definition) is 1. The lowest BCUT2D eigenvalue weighted by Gasteiger charge is -2.00. The average molecular weight is 275 g/mol. The second-order valence-electron chi connectivity index (χ2n) is 5.06. The second-order valence-corrected chi connectivity index (χ2v) is 6.53. The van der Waals surface area contributed by atoms with Crippen molar-refractivity contribution in [2.75, 3.05) is 5.75 Å². The summed E-state index contributed by atoms with van der Waals surface area (Å²) >= 11 is 0. The van der Waals surface area contributed by atoms with Gasteiger partial charge in [-0.1, -0.05) is 29.8 Å². The van der Waals surface area contributed by atoms with E-state index in [0.29, 0.717) is 16.8 Å². The first kappa shape index (κ1) is 12.5. The second kappa shape index (κ2) is 5.25. The maximum atomic E-state index is 12.1. The molecule has 100 valence electrons. The first-order valence-electron chi connectivity index (χ1n) is 6.58. The number of aromatic amines is 1. The number of aryl methyl sites for hydroxylation is 2. The van der Waals surface area contributed by atoms with E-state index in [9.17, 15) is 4.21 Å². The lowest BCUT2D eigenvalue weighted by atomic mass is 10.1. The first-order chi connectivity index (χ1) is 9.22. The Kier molecular flexibility index (Phi) is 3.46. The molecule has 3 rings (SSSR count). The largest absolute Gasteiger partial charge is 0.262 e. The summed E-state index contributed by atoms with van der Waals surface area (Å²) in [4.78, 5) is 4.33. The molecule has 1 unspecified atom stereocenters. The summed E-state index contributed by atoms with van der Waals surface area (Å²) < 4.78 is 12.1. The zero-order chi connectivity index (χ0) is 13.2. The number of nitrogens with zero attached hydrogens (tertiary/aromatic N) is 2. The van der Waals surface area contributed by atoms with E-state index in [4.69, 9.17) is 0 Å². The van der Waals surface area contributed by atoms with Crippen molar-refractivity contribution < 1.29 is 4.21 Å². The van der Waals surface area contributed by atoms with Gasteiger partial charge in [0.25, 0.3) is 0 Å². The molecule has 1 aliphatic rings. The van der Waals surface area contributed by atoms with Crippen LogP contribution in [-0.4, -0.2) is 25.1 Å². The molecule has 1 N–H and O–H groups in total. The van der Waals surface area contributed by atoms with E-state index in [1.807, 2.05) is 0 Å². The van der Waals surface area contributed by atoms with Crippen molar-refractivity contribution in [1.29, 1.82) is 0 Å². The van der Waals surface area contributed by atoms with Crippen molar-refractivity contribution >= 4 is 10.8 Å². The van der Waals surface area contributed by atoms with Gasteiger partial charge in [0.15, 0.2) is 0 Å². The molecule has 1 heterocycles. The highest BCUT2D eigenvalue weighted by molar-refractivity contribution is 7.84. The van der Waals surface area contributed by atoms with Crippen molar-refractivity contribution in [2.24, 2.45) is 0 Å². The molecule has 1 aromatic heterocycles. The normalized spacial score (nSPS) is 16.5. The topological polar surface area (TPSA) is 58.6 Å². The zero-order valence-corrected chi connectivity index (χ0v) is 11.7. The highest BCUT2D eigenvalue weighted by Gasteiger charge is 2.27. The third-order valence-corrected chi connectivity index (χ3v) is 4.51. The lowest BCUT2D eigenvalue weighted by Crippen LogP contribution is -2.03. The van der Waals surface area contributed by atoms with Gasteiger partial charge in [-0.2, -0.15) is 0 Å². The van der Waals surface area contributed by atoms with Crippen molar-refractivity contribution in [3.63, 3.8) is 0 Å². The Balaban J connectivity index is 1.59. The SMILES string of the molecule is Cc1ccc(CCS(=O)c2n[nH]c(C3CC3)n2)cc1. The molecule has 0 saturated heterocycles. The molecule has 0 aliphatic heterocycles. The quantitative estimate of drug-likeness (QED) is 0.911. The predicted molar refractivity (Wildman–Crippen MR) is 74.5 cm³/mol. The van der Waals surface area contributed by atoms with Gasteiger partial charge in [0.2, 0.25) is 5.16 Å². The monoisotopic (exact) mass is 275 g/mol. The van der Waals surface area contributed by atoms with Crippen molar-refractivity contribution in [3.8, 4) is 0 Å². The number of nitrogens with one attached hydrogen (secondary N) is 1. The van der Waals surface area contributed by atoms with Gasteiger partial charge < -0.3 is 0 Å². The van der Waals surface area contributed by atoms with E-state index in [2.05, 4.69) is 46.4 Å². The first-order valence-corrected chi connectivity index (χ1v) is 7.90. The van der Waals surface area contributed by atoms with Crippen LogP contribution in [0.25, 0.3) is 0 Å². The van der Waals surface area contributed by atoms with Gasteiger partial charge in [-0.3, -0.25) is 9.31 Å². The highest BCUT2D eigenvalue weighted by Crippen LogP contribution is 2.37. The van der Waals surface area contributed by atoms with E-state index < -0.39 is 10.8 Å². The smallest absolute Gasteiger partial charge is 0.238 e. The minimum Gasteiger partial charge on any atom is -0.262 e. The van der Waals surface area contributed by atoms with Crippen LogP contribution in [0, 0.1) is 6.92 Å². The van der Waals surface area contributed by atoms with Crippen LogP contribution in [0.5, 0.6) is 0 Å². The molecule has 0 radical (unpaired) electrons. The molecular formula is C14H17N3OS. The summed E-state index contributed by atoms with van der Waals surface area (Å²) in [5.41, 5.74) is 2.45. The van der Waals surface area contributed by atoms with Crippen molar-refractivity contribution in [1.82, 2.24) is 15.2 Å². The van der Waals surface area contributed by atoms with Crippen LogP contribution in [0.3, 0.4) is 0 Å². The molecule has 4 nitrogen and oxygen atoms in total. The fraction of sp³-hybridized carbons (Fsp3) is 0.429. The van der Waals surface area contributed by atoms with E-state index in [0.717, 1.165) is 12.2 Å². The Hall–Kier alpha value is -1.49. The van der Waals surface area contributed by atoms with Crippen LogP contribution in [0.4, 0.5) is 0 Å². The number of benzene rings is 1. The fourth-order valence-electron chi connectivity index (χ4n) is 1.96. The summed E-state index contributed by atoms with van der Waals surface area (Å²) in [7, 11) is -1.11. The highest BCUT2D eigenvalue weighted by atomic mass is 32.2. The van der Waals surface area contributed by atoms with Gasteiger partial charge in [-0.15, -0.1) is 5.10 Å². The van der Waals surface area contributed by atoms with Crippen molar-refractivity contribution in [2.45, 2.75) is 37.3 Å². The minimum atomic E-state index is -1.11. The molecular weight excluding hydrogens is 258 g/mol. The molecule has 5 heteroatoms. The van der Waals surface area contributed by atoms with Crippen molar-refractivity contribution in [3.05, 3.63) is 41.2 Å². The summed E-state index contributed by atoms with van der Waals surface area (Å²) in [5.74, 6) is 2.00. The van der Waals surface area contributed by atoms with Gasteiger partial charge in [-0.05, 0) is 31.7 Å². The summed E-state index contributed by atoms with van der Waals surface area (Å²) in [5, 5.41) is 7.42. The molecule has 1 atom stereocenters. The molecule has 1 aliphatic carbocycles. The van der Waals surface area contributed by atoms with Gasteiger partial charge in [0.1, 0.15) is 5.82 Å². The van der Waals surface area contributed by atoms with Crippen LogP contribution in [0.2, 0.25) is 0 Å². The minimum absolute atomic E-state index is 0.453. The summed E-state index contributed by atoms with van der Waals surface area (Å²) in [6, 6.07) is 8.33. The molecule has 0 bridgehead atoms. The molecule has 1 saturated carbocycles. The van der Waals surface area contributed by atoms with E-state index in [1.54, 1.807) is 0 Å². The Morgan fingerprint density at radius 1 is 1.32 bits per heavy atom.